The Morgan fingerprint density at radius 2 is 2.11 bits per heavy atom. The Morgan fingerprint density at radius 1 is 1.33 bits per heavy atom. The van der Waals surface area contributed by atoms with E-state index in [2.05, 4.69) is 10.3 Å². The van der Waals surface area contributed by atoms with Gasteiger partial charge in [-0.15, -0.1) is 11.3 Å². The van der Waals surface area contributed by atoms with Crippen LogP contribution in [-0.4, -0.2) is 15.3 Å². The van der Waals surface area contributed by atoms with Gasteiger partial charge in [0, 0.05) is 28.6 Å². The van der Waals surface area contributed by atoms with Crippen LogP contribution in [0.1, 0.15) is 32.4 Å². The SMILES string of the molecule is CCC(CC)C(=O)Nc1cc(Cl)ccc1OCc1cc(=O)n2ccsc2n1. The van der Waals surface area contributed by atoms with E-state index in [1.54, 1.807) is 29.8 Å². The highest BCUT2D eigenvalue weighted by Crippen LogP contribution is 2.29. The fourth-order valence-electron chi connectivity index (χ4n) is 2.73. The zero-order chi connectivity index (χ0) is 19.4. The van der Waals surface area contributed by atoms with Gasteiger partial charge in [-0.25, -0.2) is 4.98 Å². The summed E-state index contributed by atoms with van der Waals surface area (Å²) in [5.41, 5.74) is 0.876. The van der Waals surface area contributed by atoms with E-state index in [0.29, 0.717) is 27.1 Å². The number of anilines is 1. The molecule has 142 valence electrons. The normalized spacial score (nSPS) is 11.1. The van der Waals surface area contributed by atoms with E-state index in [1.807, 2.05) is 13.8 Å². The van der Waals surface area contributed by atoms with E-state index >= 15 is 0 Å². The van der Waals surface area contributed by atoms with Gasteiger partial charge in [-0.1, -0.05) is 25.4 Å². The van der Waals surface area contributed by atoms with Crippen LogP contribution >= 0.6 is 22.9 Å². The summed E-state index contributed by atoms with van der Waals surface area (Å²) in [7, 11) is 0. The molecule has 0 unspecified atom stereocenters. The fourth-order valence-corrected chi connectivity index (χ4v) is 3.64. The average molecular weight is 406 g/mol. The van der Waals surface area contributed by atoms with Gasteiger partial charge in [0.25, 0.3) is 5.56 Å². The summed E-state index contributed by atoms with van der Waals surface area (Å²) in [5, 5.41) is 5.20. The van der Waals surface area contributed by atoms with Crippen LogP contribution in [0.5, 0.6) is 5.75 Å². The van der Waals surface area contributed by atoms with Crippen molar-refractivity contribution in [2.24, 2.45) is 5.92 Å². The fraction of sp³-hybridized carbons (Fsp3) is 0.316. The summed E-state index contributed by atoms with van der Waals surface area (Å²) in [6, 6.07) is 6.48. The van der Waals surface area contributed by atoms with Crippen LogP contribution in [0.2, 0.25) is 5.02 Å². The lowest BCUT2D eigenvalue weighted by molar-refractivity contribution is -0.120. The maximum Gasteiger partial charge on any atom is 0.258 e. The van der Waals surface area contributed by atoms with Crippen LogP contribution in [0.3, 0.4) is 0 Å². The van der Waals surface area contributed by atoms with E-state index in [1.165, 1.54) is 21.8 Å². The quantitative estimate of drug-likeness (QED) is 0.633. The van der Waals surface area contributed by atoms with E-state index < -0.39 is 0 Å². The summed E-state index contributed by atoms with van der Waals surface area (Å²) in [6.07, 6.45) is 3.20. The molecule has 0 spiro atoms. The Hall–Kier alpha value is -2.38. The van der Waals surface area contributed by atoms with Crippen molar-refractivity contribution in [2.45, 2.75) is 33.3 Å². The van der Waals surface area contributed by atoms with Crippen LogP contribution < -0.4 is 15.6 Å². The average Bonchev–Trinajstić information content (AvgIpc) is 3.11. The number of nitrogens with one attached hydrogen (secondary N) is 1. The minimum atomic E-state index is -0.154. The van der Waals surface area contributed by atoms with Crippen LogP contribution in [0.15, 0.2) is 40.6 Å². The second-order valence-corrected chi connectivity index (χ2v) is 7.38. The molecule has 0 aliphatic rings. The van der Waals surface area contributed by atoms with Gasteiger partial charge in [-0.05, 0) is 31.0 Å². The number of thiazole rings is 1. The molecular formula is C19H20ClN3O3S. The number of carbonyl (C=O) groups excluding carboxylic acids is 1. The molecule has 27 heavy (non-hydrogen) atoms. The minimum absolute atomic E-state index is 0.0662. The predicted molar refractivity (Wildman–Crippen MR) is 108 cm³/mol. The summed E-state index contributed by atoms with van der Waals surface area (Å²) >= 11 is 7.46. The summed E-state index contributed by atoms with van der Waals surface area (Å²) in [4.78, 5) is 29.5. The van der Waals surface area contributed by atoms with E-state index in [9.17, 15) is 9.59 Å². The van der Waals surface area contributed by atoms with Crippen molar-refractivity contribution in [3.8, 4) is 5.75 Å². The van der Waals surface area contributed by atoms with Gasteiger partial charge in [0.1, 0.15) is 12.4 Å². The molecule has 2 heterocycles. The Labute approximate surface area is 165 Å². The Bertz CT molecular complexity index is 1010. The third kappa shape index (κ3) is 4.48. The second-order valence-electron chi connectivity index (χ2n) is 6.07. The van der Waals surface area contributed by atoms with Gasteiger partial charge in [0.2, 0.25) is 5.91 Å². The van der Waals surface area contributed by atoms with Crippen LogP contribution in [0, 0.1) is 5.92 Å². The van der Waals surface area contributed by atoms with E-state index in [-0.39, 0.29) is 24.0 Å². The van der Waals surface area contributed by atoms with E-state index in [4.69, 9.17) is 16.3 Å². The van der Waals surface area contributed by atoms with Gasteiger partial charge >= 0.3 is 0 Å². The monoisotopic (exact) mass is 405 g/mol. The van der Waals surface area contributed by atoms with Crippen molar-refractivity contribution in [2.75, 3.05) is 5.32 Å². The van der Waals surface area contributed by atoms with Gasteiger partial charge in [-0.2, -0.15) is 0 Å². The lowest BCUT2D eigenvalue weighted by Gasteiger charge is -2.16. The number of aromatic nitrogens is 2. The second kappa shape index (κ2) is 8.54. The molecule has 0 bridgehead atoms. The lowest BCUT2D eigenvalue weighted by Crippen LogP contribution is -2.22. The van der Waals surface area contributed by atoms with Gasteiger partial charge in [0.05, 0.1) is 11.4 Å². The molecule has 0 fully saturated rings. The van der Waals surface area contributed by atoms with Gasteiger partial charge in [-0.3, -0.25) is 14.0 Å². The van der Waals surface area contributed by atoms with Crippen molar-refractivity contribution >= 4 is 39.5 Å². The Kier molecular flexibility index (Phi) is 6.13. The molecule has 0 saturated heterocycles. The highest BCUT2D eigenvalue weighted by Gasteiger charge is 2.17. The lowest BCUT2D eigenvalue weighted by atomic mass is 10.0. The number of hydrogen-bond acceptors (Lipinski definition) is 5. The first-order chi connectivity index (χ1) is 13.0. The van der Waals surface area contributed by atoms with Crippen molar-refractivity contribution in [1.29, 1.82) is 0 Å². The molecular weight excluding hydrogens is 386 g/mol. The summed E-state index contributed by atoms with van der Waals surface area (Å²) in [5.74, 6) is 0.343. The maximum atomic E-state index is 12.4. The molecule has 3 aromatic rings. The zero-order valence-corrected chi connectivity index (χ0v) is 16.6. The first-order valence-corrected chi connectivity index (χ1v) is 9.96. The number of rotatable bonds is 7. The molecule has 1 N–H and O–H groups in total. The number of carbonyl (C=O) groups is 1. The zero-order valence-electron chi connectivity index (χ0n) is 15.1. The number of nitrogens with zero attached hydrogens (tertiary/aromatic N) is 2. The number of amides is 1. The number of halogens is 1. The predicted octanol–water partition coefficient (Wildman–Crippen LogP) is 4.36. The number of benzene rings is 1. The molecule has 1 aromatic carbocycles. The molecule has 0 saturated carbocycles. The smallest absolute Gasteiger partial charge is 0.258 e. The number of ether oxygens (including phenoxy) is 1. The summed E-state index contributed by atoms with van der Waals surface area (Å²) in [6.45, 7) is 4.07. The number of fused-ring (bicyclic) bond motifs is 1. The Morgan fingerprint density at radius 3 is 2.85 bits per heavy atom. The minimum Gasteiger partial charge on any atom is -0.485 e. The van der Waals surface area contributed by atoms with Crippen molar-refractivity contribution in [3.05, 3.63) is 56.9 Å². The van der Waals surface area contributed by atoms with Gasteiger partial charge in [0.15, 0.2) is 4.96 Å². The third-order valence-electron chi connectivity index (χ3n) is 4.29. The van der Waals surface area contributed by atoms with Gasteiger partial charge < -0.3 is 10.1 Å². The molecule has 1 amide bonds. The molecule has 0 atom stereocenters. The van der Waals surface area contributed by atoms with E-state index in [0.717, 1.165) is 12.8 Å². The highest BCUT2D eigenvalue weighted by atomic mass is 35.5. The molecule has 8 heteroatoms. The molecule has 0 aliphatic heterocycles. The summed E-state index contributed by atoms with van der Waals surface area (Å²) < 4.78 is 7.31. The molecule has 6 nitrogen and oxygen atoms in total. The molecule has 0 radical (unpaired) electrons. The third-order valence-corrected chi connectivity index (χ3v) is 5.28. The Balaban J connectivity index is 1.79. The van der Waals surface area contributed by atoms with Crippen LogP contribution in [-0.2, 0) is 11.4 Å². The van der Waals surface area contributed by atoms with Crippen molar-refractivity contribution in [3.63, 3.8) is 0 Å². The van der Waals surface area contributed by atoms with Crippen LogP contribution in [0.4, 0.5) is 5.69 Å². The van der Waals surface area contributed by atoms with Crippen LogP contribution in [0.25, 0.3) is 4.96 Å². The number of hydrogen-bond donors (Lipinski definition) is 1. The first kappa shape index (κ1) is 19.4. The van der Waals surface area contributed by atoms with Crippen molar-refractivity contribution in [1.82, 2.24) is 9.38 Å². The largest absolute Gasteiger partial charge is 0.485 e. The first-order valence-electron chi connectivity index (χ1n) is 8.70. The maximum absolute atomic E-state index is 12.4. The highest BCUT2D eigenvalue weighted by molar-refractivity contribution is 7.15. The topological polar surface area (TPSA) is 72.7 Å². The molecule has 3 rings (SSSR count). The standard InChI is InChI=1S/C19H20ClN3O3S/c1-3-12(4-2)18(25)22-15-9-13(20)5-6-16(15)26-11-14-10-17(24)23-7-8-27-19(23)21-14/h5-10,12H,3-4,11H2,1-2H3,(H,22,25). The molecule has 0 aliphatic carbocycles. The van der Waals surface area contributed by atoms with Crippen molar-refractivity contribution < 1.29 is 9.53 Å². The molecule has 2 aromatic heterocycles.